The van der Waals surface area contributed by atoms with E-state index in [0.717, 1.165) is 16.7 Å². The van der Waals surface area contributed by atoms with Crippen LogP contribution in [-0.2, 0) is 9.84 Å². The Hall–Kier alpha value is -2.39. The molecule has 0 aromatic heterocycles. The quantitative estimate of drug-likeness (QED) is 0.671. The summed E-state index contributed by atoms with van der Waals surface area (Å²) in [6.45, 7) is 4.19. The average Bonchev–Trinajstić information content (AvgIpc) is 2.53. The summed E-state index contributed by atoms with van der Waals surface area (Å²) in [7, 11) is -3.18. The zero-order valence-corrected chi connectivity index (χ0v) is 14.9. The van der Waals surface area contributed by atoms with Crippen LogP contribution in [0.4, 0.5) is 0 Å². The van der Waals surface area contributed by atoms with E-state index in [4.69, 9.17) is 0 Å². The molecule has 0 spiro atoms. The summed E-state index contributed by atoms with van der Waals surface area (Å²) in [5.41, 5.74) is 6.89. The number of rotatable bonds is 3. The molecule has 24 heavy (non-hydrogen) atoms. The minimum Gasteiger partial charge on any atom is -0.224 e. The molecule has 0 amide bonds. The van der Waals surface area contributed by atoms with E-state index in [-0.39, 0.29) is 0 Å². The van der Waals surface area contributed by atoms with Gasteiger partial charge in [-0.25, -0.2) is 8.42 Å². The van der Waals surface area contributed by atoms with Crippen LogP contribution >= 0.6 is 0 Å². The van der Waals surface area contributed by atoms with Crippen LogP contribution in [-0.4, -0.2) is 14.7 Å². The number of benzene rings is 3. The minimum atomic E-state index is -3.18. The first kappa shape index (κ1) is 16.5. The molecule has 0 bridgehead atoms. The molecule has 0 aliphatic heterocycles. The standard InChI is InChI=1S/C21H20O2S/c1-15-12-16(2)14-18(13-15)21-7-5-4-6-20(21)17-8-10-19(11-9-17)24(3,22)23/h4-14H,1-3H3. The van der Waals surface area contributed by atoms with Gasteiger partial charge in [0.15, 0.2) is 9.84 Å². The first-order valence-electron chi connectivity index (χ1n) is 7.83. The highest BCUT2D eigenvalue weighted by Crippen LogP contribution is 2.33. The molecule has 122 valence electrons. The summed E-state index contributed by atoms with van der Waals surface area (Å²) in [6.07, 6.45) is 1.23. The predicted molar refractivity (Wildman–Crippen MR) is 99.9 cm³/mol. The van der Waals surface area contributed by atoms with Crippen molar-refractivity contribution in [3.8, 4) is 22.3 Å². The van der Waals surface area contributed by atoms with Crippen LogP contribution in [0.1, 0.15) is 11.1 Å². The van der Waals surface area contributed by atoms with Gasteiger partial charge in [-0.1, -0.05) is 65.7 Å². The van der Waals surface area contributed by atoms with Crippen molar-refractivity contribution < 1.29 is 8.42 Å². The molecule has 0 fully saturated rings. The third kappa shape index (κ3) is 3.41. The lowest BCUT2D eigenvalue weighted by molar-refractivity contribution is 0.602. The summed E-state index contributed by atoms with van der Waals surface area (Å²) in [6, 6.07) is 21.8. The largest absolute Gasteiger partial charge is 0.224 e. The smallest absolute Gasteiger partial charge is 0.175 e. The third-order valence-electron chi connectivity index (χ3n) is 4.05. The van der Waals surface area contributed by atoms with Crippen LogP contribution in [0, 0.1) is 13.8 Å². The highest BCUT2D eigenvalue weighted by Gasteiger charge is 2.10. The predicted octanol–water partition coefficient (Wildman–Crippen LogP) is 5.04. The lowest BCUT2D eigenvalue weighted by Crippen LogP contribution is -1.96. The monoisotopic (exact) mass is 336 g/mol. The molecular formula is C21H20O2S. The van der Waals surface area contributed by atoms with Gasteiger partial charge in [0.2, 0.25) is 0 Å². The van der Waals surface area contributed by atoms with Gasteiger partial charge in [0, 0.05) is 6.26 Å². The minimum absolute atomic E-state index is 0.343. The molecule has 3 aromatic carbocycles. The molecule has 0 radical (unpaired) electrons. The Morgan fingerprint density at radius 1 is 0.667 bits per heavy atom. The van der Waals surface area contributed by atoms with Crippen LogP contribution < -0.4 is 0 Å². The molecule has 0 saturated carbocycles. The lowest BCUT2D eigenvalue weighted by atomic mass is 9.93. The highest BCUT2D eigenvalue weighted by atomic mass is 32.2. The van der Waals surface area contributed by atoms with E-state index < -0.39 is 9.84 Å². The van der Waals surface area contributed by atoms with Gasteiger partial charge < -0.3 is 0 Å². The maximum atomic E-state index is 11.6. The second-order valence-electron chi connectivity index (χ2n) is 6.22. The van der Waals surface area contributed by atoms with Crippen molar-refractivity contribution in [1.82, 2.24) is 0 Å². The van der Waals surface area contributed by atoms with E-state index in [1.54, 1.807) is 12.1 Å². The Morgan fingerprint density at radius 2 is 1.17 bits per heavy atom. The van der Waals surface area contributed by atoms with Crippen LogP contribution in [0.15, 0.2) is 71.6 Å². The van der Waals surface area contributed by atoms with Gasteiger partial charge in [-0.3, -0.25) is 0 Å². The van der Waals surface area contributed by atoms with E-state index in [0.29, 0.717) is 4.90 Å². The topological polar surface area (TPSA) is 34.1 Å². The van der Waals surface area contributed by atoms with Crippen LogP contribution in [0.3, 0.4) is 0 Å². The molecule has 2 nitrogen and oxygen atoms in total. The first-order chi connectivity index (χ1) is 11.3. The van der Waals surface area contributed by atoms with Gasteiger partial charge in [-0.05, 0) is 48.2 Å². The normalized spacial score (nSPS) is 11.5. The van der Waals surface area contributed by atoms with Crippen molar-refractivity contribution >= 4 is 9.84 Å². The maximum Gasteiger partial charge on any atom is 0.175 e. The highest BCUT2D eigenvalue weighted by molar-refractivity contribution is 7.90. The molecule has 3 rings (SSSR count). The SMILES string of the molecule is Cc1cc(C)cc(-c2ccccc2-c2ccc(S(C)(=O)=O)cc2)c1. The summed E-state index contributed by atoms with van der Waals surface area (Å²) in [4.78, 5) is 0.343. The first-order valence-corrected chi connectivity index (χ1v) is 9.72. The van der Waals surface area contributed by atoms with Crippen molar-refractivity contribution in [2.75, 3.05) is 6.26 Å². The molecule has 3 aromatic rings. The molecule has 0 unspecified atom stereocenters. The summed E-state index contributed by atoms with van der Waals surface area (Å²) >= 11 is 0. The Labute approximate surface area is 143 Å². The van der Waals surface area contributed by atoms with Crippen LogP contribution in [0.25, 0.3) is 22.3 Å². The Balaban J connectivity index is 2.13. The van der Waals surface area contributed by atoms with Gasteiger partial charge >= 0.3 is 0 Å². The second kappa shape index (κ2) is 6.25. The van der Waals surface area contributed by atoms with Gasteiger partial charge in [0.05, 0.1) is 4.90 Å². The van der Waals surface area contributed by atoms with Crippen molar-refractivity contribution in [3.05, 3.63) is 77.9 Å². The fraction of sp³-hybridized carbons (Fsp3) is 0.143. The summed E-state index contributed by atoms with van der Waals surface area (Å²) < 4.78 is 23.3. The van der Waals surface area contributed by atoms with Crippen LogP contribution in [0.5, 0.6) is 0 Å². The fourth-order valence-corrected chi connectivity index (χ4v) is 3.63. The number of sulfone groups is 1. The summed E-state index contributed by atoms with van der Waals surface area (Å²) in [5.74, 6) is 0. The molecular weight excluding hydrogens is 316 g/mol. The van der Waals surface area contributed by atoms with E-state index in [1.165, 1.54) is 22.9 Å². The fourth-order valence-electron chi connectivity index (χ4n) is 3.00. The Kier molecular flexibility index (Phi) is 4.29. The van der Waals surface area contributed by atoms with Gasteiger partial charge in [0.25, 0.3) is 0 Å². The molecule has 0 saturated heterocycles. The van der Waals surface area contributed by atoms with Crippen molar-refractivity contribution in [1.29, 1.82) is 0 Å². The zero-order chi connectivity index (χ0) is 17.3. The number of aryl methyl sites for hydroxylation is 2. The average molecular weight is 336 g/mol. The Morgan fingerprint density at radius 3 is 1.67 bits per heavy atom. The molecule has 0 N–H and O–H groups in total. The molecule has 0 aliphatic rings. The summed E-state index contributed by atoms with van der Waals surface area (Å²) in [5, 5.41) is 0. The van der Waals surface area contributed by atoms with E-state index in [9.17, 15) is 8.42 Å². The maximum absolute atomic E-state index is 11.6. The van der Waals surface area contributed by atoms with Gasteiger partial charge in [-0.2, -0.15) is 0 Å². The second-order valence-corrected chi connectivity index (χ2v) is 8.23. The van der Waals surface area contributed by atoms with Gasteiger partial charge in [0.1, 0.15) is 0 Å². The van der Waals surface area contributed by atoms with Gasteiger partial charge in [-0.15, -0.1) is 0 Å². The Bertz CT molecular complexity index is 964. The van der Waals surface area contributed by atoms with Crippen molar-refractivity contribution in [3.63, 3.8) is 0 Å². The van der Waals surface area contributed by atoms with Crippen molar-refractivity contribution in [2.24, 2.45) is 0 Å². The van der Waals surface area contributed by atoms with E-state index >= 15 is 0 Å². The number of hydrogen-bond donors (Lipinski definition) is 0. The third-order valence-corrected chi connectivity index (χ3v) is 5.18. The lowest BCUT2D eigenvalue weighted by Gasteiger charge is -2.12. The molecule has 0 atom stereocenters. The zero-order valence-electron chi connectivity index (χ0n) is 14.1. The van der Waals surface area contributed by atoms with E-state index in [1.807, 2.05) is 24.3 Å². The van der Waals surface area contributed by atoms with E-state index in [2.05, 4.69) is 44.2 Å². The molecule has 0 aliphatic carbocycles. The molecule has 0 heterocycles. The van der Waals surface area contributed by atoms with Crippen molar-refractivity contribution in [2.45, 2.75) is 18.7 Å². The van der Waals surface area contributed by atoms with Crippen LogP contribution in [0.2, 0.25) is 0 Å². The number of hydrogen-bond acceptors (Lipinski definition) is 2. The molecule has 3 heteroatoms.